The van der Waals surface area contributed by atoms with Crippen molar-refractivity contribution in [2.75, 3.05) is 13.2 Å². The highest BCUT2D eigenvalue weighted by Gasteiger charge is 2.23. The number of nitrogens with one attached hydrogen (secondary N) is 3. The summed E-state index contributed by atoms with van der Waals surface area (Å²) in [6, 6.07) is 6.49. The van der Waals surface area contributed by atoms with E-state index in [9.17, 15) is 24.3 Å². The van der Waals surface area contributed by atoms with Crippen LogP contribution in [0.15, 0.2) is 47.1 Å². The molecule has 0 aliphatic heterocycles. The van der Waals surface area contributed by atoms with Crippen LogP contribution in [0.25, 0.3) is 6.08 Å². The van der Waals surface area contributed by atoms with Crippen molar-refractivity contribution in [1.82, 2.24) is 16.0 Å². The number of rotatable bonds is 10. The van der Waals surface area contributed by atoms with E-state index < -0.39 is 24.0 Å². The lowest BCUT2D eigenvalue weighted by Gasteiger charge is -2.16. The molecule has 1 aromatic carbocycles. The molecule has 1 atom stereocenters. The van der Waals surface area contributed by atoms with Gasteiger partial charge in [-0.15, -0.1) is 0 Å². The average Bonchev–Trinajstić information content (AvgIpc) is 3.27. The number of halogens is 1. The third-order valence-electron chi connectivity index (χ3n) is 4.02. The van der Waals surface area contributed by atoms with Crippen LogP contribution in [0.2, 0.25) is 5.02 Å². The molecule has 0 bridgehead atoms. The highest BCUT2D eigenvalue weighted by Crippen LogP contribution is 2.18. The molecule has 32 heavy (non-hydrogen) atoms. The van der Waals surface area contributed by atoms with Crippen LogP contribution >= 0.6 is 11.6 Å². The van der Waals surface area contributed by atoms with Gasteiger partial charge in [0.2, 0.25) is 5.91 Å². The molecule has 0 fully saturated rings. The Morgan fingerprint density at radius 3 is 2.62 bits per heavy atom. The van der Waals surface area contributed by atoms with Crippen LogP contribution in [-0.4, -0.2) is 48.2 Å². The van der Waals surface area contributed by atoms with Crippen LogP contribution in [-0.2, 0) is 20.9 Å². The predicted octanol–water partition coefficient (Wildman–Crippen LogP) is 2.19. The van der Waals surface area contributed by atoms with Crippen LogP contribution in [0.3, 0.4) is 0 Å². The van der Waals surface area contributed by atoms with E-state index in [4.69, 9.17) is 16.0 Å². The Hall–Kier alpha value is -3.79. The maximum Gasteiger partial charge on any atom is 0.407 e. The van der Waals surface area contributed by atoms with Gasteiger partial charge in [-0.2, -0.15) is 0 Å². The van der Waals surface area contributed by atoms with Crippen LogP contribution in [0.4, 0.5) is 4.79 Å². The number of furan rings is 1. The maximum atomic E-state index is 12.4. The van der Waals surface area contributed by atoms with Gasteiger partial charge in [0.25, 0.3) is 5.91 Å². The first-order chi connectivity index (χ1) is 15.3. The summed E-state index contributed by atoms with van der Waals surface area (Å²) in [5, 5.41) is 16.5. The second-order valence-corrected chi connectivity index (χ2v) is 6.75. The zero-order valence-electron chi connectivity index (χ0n) is 17.1. The van der Waals surface area contributed by atoms with Crippen molar-refractivity contribution in [2.24, 2.45) is 0 Å². The van der Waals surface area contributed by atoms with E-state index in [-0.39, 0.29) is 36.2 Å². The molecule has 1 heterocycles. The monoisotopic (exact) mass is 463 g/mol. The molecule has 0 aliphatic carbocycles. The Kier molecular flexibility index (Phi) is 9.30. The van der Waals surface area contributed by atoms with Crippen LogP contribution in [0.1, 0.15) is 28.6 Å². The van der Waals surface area contributed by atoms with Crippen molar-refractivity contribution in [3.05, 3.63) is 64.6 Å². The number of hydrogen-bond donors (Lipinski definition) is 4. The van der Waals surface area contributed by atoms with Crippen molar-refractivity contribution in [2.45, 2.75) is 19.5 Å². The molecule has 0 saturated heterocycles. The minimum Gasteiger partial charge on any atom is -0.480 e. The summed E-state index contributed by atoms with van der Waals surface area (Å²) in [4.78, 5) is 47.0. The number of hydrogen-bond acceptors (Lipinski definition) is 6. The van der Waals surface area contributed by atoms with Crippen molar-refractivity contribution in [3.8, 4) is 0 Å². The van der Waals surface area contributed by atoms with Gasteiger partial charge in [-0.3, -0.25) is 9.59 Å². The second-order valence-electron chi connectivity index (χ2n) is 6.35. The van der Waals surface area contributed by atoms with Crippen LogP contribution in [0.5, 0.6) is 0 Å². The van der Waals surface area contributed by atoms with Gasteiger partial charge < -0.3 is 30.2 Å². The molecule has 1 aromatic heterocycles. The molecular formula is C21H22ClN3O7. The standard InChI is InChI=1S/C21H22ClN3O7/c1-2-31-21(30)24-12-17(20(28)29)25-19(27)15-7-5-13(10-16(15)22)11-23-18(26)8-6-14-4-3-9-32-14/h3-10,17H,2,11-12H2,1H3,(H,23,26)(H,24,30)(H,25,27)(H,28,29)/b8-6+. The largest absolute Gasteiger partial charge is 0.480 e. The average molecular weight is 464 g/mol. The van der Waals surface area contributed by atoms with Gasteiger partial charge >= 0.3 is 12.1 Å². The molecule has 0 spiro atoms. The summed E-state index contributed by atoms with van der Waals surface area (Å²) in [6.07, 6.45) is 3.54. The predicted molar refractivity (Wildman–Crippen MR) is 115 cm³/mol. The summed E-state index contributed by atoms with van der Waals surface area (Å²) >= 11 is 6.16. The molecule has 2 aromatic rings. The number of ether oxygens (including phenoxy) is 1. The minimum absolute atomic E-state index is 0.0434. The maximum absolute atomic E-state index is 12.4. The molecule has 1 unspecified atom stereocenters. The Morgan fingerprint density at radius 2 is 2.00 bits per heavy atom. The zero-order valence-corrected chi connectivity index (χ0v) is 17.8. The lowest BCUT2D eigenvalue weighted by Crippen LogP contribution is -2.48. The van der Waals surface area contributed by atoms with Crippen molar-refractivity contribution in [3.63, 3.8) is 0 Å². The summed E-state index contributed by atoms with van der Waals surface area (Å²) in [7, 11) is 0. The molecule has 4 N–H and O–H groups in total. The first-order valence-corrected chi connectivity index (χ1v) is 9.90. The minimum atomic E-state index is -1.39. The second kappa shape index (κ2) is 12.2. The van der Waals surface area contributed by atoms with Gasteiger partial charge in [-0.25, -0.2) is 9.59 Å². The lowest BCUT2D eigenvalue weighted by molar-refractivity contribution is -0.139. The van der Waals surface area contributed by atoms with Crippen molar-refractivity contribution < 1.29 is 33.4 Å². The van der Waals surface area contributed by atoms with E-state index in [1.165, 1.54) is 30.5 Å². The Bertz CT molecular complexity index is 989. The van der Waals surface area contributed by atoms with Crippen molar-refractivity contribution in [1.29, 1.82) is 0 Å². The zero-order chi connectivity index (χ0) is 23.5. The van der Waals surface area contributed by atoms with E-state index >= 15 is 0 Å². The number of aliphatic carboxylic acids is 1. The molecule has 170 valence electrons. The SMILES string of the molecule is CCOC(=O)NCC(NC(=O)c1ccc(CNC(=O)/C=C/c2ccco2)cc1Cl)C(=O)O. The van der Waals surface area contributed by atoms with Crippen LogP contribution in [0, 0.1) is 0 Å². The highest BCUT2D eigenvalue weighted by molar-refractivity contribution is 6.34. The fourth-order valence-electron chi connectivity index (χ4n) is 2.45. The first-order valence-electron chi connectivity index (χ1n) is 9.52. The Labute approximate surface area is 188 Å². The number of carboxylic acids is 1. The molecule has 0 radical (unpaired) electrons. The van der Waals surface area contributed by atoms with Gasteiger partial charge in [-0.05, 0) is 42.8 Å². The number of carboxylic acid groups (broad SMARTS) is 1. The topological polar surface area (TPSA) is 147 Å². The van der Waals surface area contributed by atoms with Crippen molar-refractivity contribution >= 4 is 41.6 Å². The first kappa shape index (κ1) is 24.5. The van der Waals surface area contributed by atoms with E-state index in [2.05, 4.69) is 20.7 Å². The lowest BCUT2D eigenvalue weighted by atomic mass is 10.1. The van der Waals surface area contributed by atoms with Gasteiger partial charge in [0, 0.05) is 12.6 Å². The van der Waals surface area contributed by atoms with E-state index in [1.807, 2.05) is 0 Å². The smallest absolute Gasteiger partial charge is 0.407 e. The van der Waals surface area contributed by atoms with E-state index in [1.54, 1.807) is 25.1 Å². The summed E-state index contributed by atoms with van der Waals surface area (Å²) < 4.78 is 9.74. The Balaban J connectivity index is 1.92. The Morgan fingerprint density at radius 1 is 1.22 bits per heavy atom. The summed E-state index contributed by atoms with van der Waals surface area (Å²) in [6.45, 7) is 1.51. The third kappa shape index (κ3) is 7.80. The van der Waals surface area contributed by atoms with E-state index in [0.717, 1.165) is 0 Å². The molecule has 11 heteroatoms. The third-order valence-corrected chi connectivity index (χ3v) is 4.33. The van der Waals surface area contributed by atoms with Gasteiger partial charge in [0.1, 0.15) is 11.8 Å². The van der Waals surface area contributed by atoms with E-state index in [0.29, 0.717) is 11.3 Å². The van der Waals surface area contributed by atoms with Gasteiger partial charge in [0.05, 0.1) is 30.0 Å². The highest BCUT2D eigenvalue weighted by atomic mass is 35.5. The number of alkyl carbamates (subject to hydrolysis) is 1. The summed E-state index contributed by atoms with van der Waals surface area (Å²) in [5.41, 5.74) is 0.673. The van der Waals surface area contributed by atoms with Crippen LogP contribution < -0.4 is 16.0 Å². The number of amides is 3. The molecule has 0 aliphatic rings. The quantitative estimate of drug-likeness (QED) is 0.395. The molecular weight excluding hydrogens is 442 g/mol. The fourth-order valence-corrected chi connectivity index (χ4v) is 2.74. The molecule has 2 rings (SSSR count). The molecule has 3 amide bonds. The van der Waals surface area contributed by atoms with Gasteiger partial charge in [-0.1, -0.05) is 17.7 Å². The molecule has 0 saturated carbocycles. The number of carbonyl (C=O) groups is 4. The number of benzene rings is 1. The number of carbonyl (C=O) groups excluding carboxylic acids is 3. The summed E-state index contributed by atoms with van der Waals surface area (Å²) in [5.74, 6) is -1.88. The van der Waals surface area contributed by atoms with Gasteiger partial charge in [0.15, 0.2) is 0 Å². The molecule has 10 nitrogen and oxygen atoms in total. The fraction of sp³-hybridized carbons (Fsp3) is 0.238. The normalized spacial score (nSPS) is 11.6.